The number of nitrogens with two attached hydrogens (primary N) is 1. The Bertz CT molecular complexity index is 390. The molecule has 94 valence electrons. The van der Waals surface area contributed by atoms with Gasteiger partial charge < -0.3 is 10.7 Å². The minimum Gasteiger partial charge on any atom is -0.366 e. The third-order valence-electron chi connectivity index (χ3n) is 2.87. The normalized spacial score (nSPS) is 10.3. The van der Waals surface area contributed by atoms with E-state index in [4.69, 9.17) is 5.73 Å². The number of aryl methyl sites for hydroxylation is 1. The van der Waals surface area contributed by atoms with Crippen molar-refractivity contribution in [2.45, 2.75) is 26.2 Å². The molecular formula is C13H21N3O. The van der Waals surface area contributed by atoms with Gasteiger partial charge in [0.2, 0.25) is 5.91 Å². The maximum atomic E-state index is 11.2. The van der Waals surface area contributed by atoms with E-state index in [1.165, 1.54) is 5.56 Å². The summed E-state index contributed by atoms with van der Waals surface area (Å²) < 4.78 is 0. The van der Waals surface area contributed by atoms with Crippen LogP contribution in [0.1, 0.15) is 35.7 Å². The molecule has 1 rings (SSSR count). The third-order valence-corrected chi connectivity index (χ3v) is 2.87. The molecule has 0 aliphatic heterocycles. The number of amides is 1. The maximum Gasteiger partial charge on any atom is 0.248 e. The van der Waals surface area contributed by atoms with Crippen LogP contribution in [0.2, 0.25) is 0 Å². The summed E-state index contributed by atoms with van der Waals surface area (Å²) >= 11 is 0. The van der Waals surface area contributed by atoms with Crippen LogP contribution in [0.25, 0.3) is 0 Å². The van der Waals surface area contributed by atoms with Gasteiger partial charge in [-0.25, -0.2) is 5.43 Å². The SMILES string of the molecule is CCCCc1ccc(C(N)=O)cc1N(C)NC. The third kappa shape index (κ3) is 3.46. The number of unbranched alkanes of at least 4 members (excludes halogenated alkanes) is 1. The number of anilines is 1. The van der Waals surface area contributed by atoms with Crippen LogP contribution >= 0.6 is 0 Å². The fourth-order valence-electron chi connectivity index (χ4n) is 1.73. The van der Waals surface area contributed by atoms with Crippen LogP contribution in [0.4, 0.5) is 5.69 Å². The van der Waals surface area contributed by atoms with E-state index in [9.17, 15) is 4.79 Å². The summed E-state index contributed by atoms with van der Waals surface area (Å²) in [6.45, 7) is 2.17. The Labute approximate surface area is 103 Å². The van der Waals surface area contributed by atoms with E-state index >= 15 is 0 Å². The first-order valence-electron chi connectivity index (χ1n) is 5.94. The van der Waals surface area contributed by atoms with Gasteiger partial charge >= 0.3 is 0 Å². The summed E-state index contributed by atoms with van der Waals surface area (Å²) in [6, 6.07) is 5.61. The monoisotopic (exact) mass is 235 g/mol. The Morgan fingerprint density at radius 1 is 1.47 bits per heavy atom. The van der Waals surface area contributed by atoms with E-state index in [2.05, 4.69) is 12.3 Å². The largest absolute Gasteiger partial charge is 0.366 e. The van der Waals surface area contributed by atoms with Gasteiger partial charge in [0.1, 0.15) is 0 Å². The second-order valence-corrected chi connectivity index (χ2v) is 4.09. The molecule has 1 aromatic carbocycles. The van der Waals surface area contributed by atoms with Crippen LogP contribution in [-0.4, -0.2) is 20.0 Å². The van der Waals surface area contributed by atoms with Crippen molar-refractivity contribution in [2.24, 2.45) is 5.73 Å². The van der Waals surface area contributed by atoms with Gasteiger partial charge in [-0.2, -0.15) is 0 Å². The summed E-state index contributed by atoms with van der Waals surface area (Å²) in [5.74, 6) is -0.391. The van der Waals surface area contributed by atoms with Crippen molar-refractivity contribution >= 4 is 11.6 Å². The molecule has 0 saturated heterocycles. The molecule has 0 fully saturated rings. The minimum atomic E-state index is -0.391. The number of benzene rings is 1. The fourth-order valence-corrected chi connectivity index (χ4v) is 1.73. The number of hydrogen-bond acceptors (Lipinski definition) is 3. The summed E-state index contributed by atoms with van der Waals surface area (Å²) in [5, 5.41) is 1.90. The number of rotatable bonds is 6. The van der Waals surface area contributed by atoms with Crippen LogP contribution < -0.4 is 16.2 Å². The number of hydrazine groups is 1. The number of nitrogens with one attached hydrogen (secondary N) is 1. The smallest absolute Gasteiger partial charge is 0.248 e. The van der Waals surface area contributed by atoms with Crippen molar-refractivity contribution in [3.8, 4) is 0 Å². The van der Waals surface area contributed by atoms with Gasteiger partial charge in [0.05, 0.1) is 5.69 Å². The van der Waals surface area contributed by atoms with Crippen LogP contribution in [-0.2, 0) is 6.42 Å². The number of hydrogen-bond donors (Lipinski definition) is 2. The van der Waals surface area contributed by atoms with Crippen molar-refractivity contribution in [3.63, 3.8) is 0 Å². The van der Waals surface area contributed by atoms with Crippen molar-refractivity contribution in [3.05, 3.63) is 29.3 Å². The van der Waals surface area contributed by atoms with Crippen molar-refractivity contribution in [1.29, 1.82) is 0 Å². The highest BCUT2D eigenvalue weighted by molar-refractivity contribution is 5.94. The molecule has 3 N–H and O–H groups in total. The highest BCUT2D eigenvalue weighted by atomic mass is 16.1. The molecule has 0 aromatic heterocycles. The molecule has 4 heteroatoms. The van der Waals surface area contributed by atoms with Gasteiger partial charge in [0.15, 0.2) is 0 Å². The highest BCUT2D eigenvalue weighted by Crippen LogP contribution is 2.22. The number of primary amides is 1. The summed E-state index contributed by atoms with van der Waals surface area (Å²) in [5.41, 5.74) is 11.1. The van der Waals surface area contributed by atoms with Gasteiger partial charge in [-0.15, -0.1) is 0 Å². The zero-order valence-corrected chi connectivity index (χ0v) is 10.8. The molecule has 17 heavy (non-hydrogen) atoms. The number of carbonyl (C=O) groups excluding carboxylic acids is 1. The average Bonchev–Trinajstić information content (AvgIpc) is 2.35. The predicted octanol–water partition coefficient (Wildman–Crippen LogP) is 1.70. The topological polar surface area (TPSA) is 58.4 Å². The van der Waals surface area contributed by atoms with E-state index in [1.807, 2.05) is 31.2 Å². The zero-order valence-electron chi connectivity index (χ0n) is 10.8. The molecule has 4 nitrogen and oxygen atoms in total. The first-order chi connectivity index (χ1) is 8.10. The lowest BCUT2D eigenvalue weighted by molar-refractivity contribution is 0.100. The lowest BCUT2D eigenvalue weighted by atomic mass is 10.0. The molecule has 0 aliphatic carbocycles. The van der Waals surface area contributed by atoms with Crippen LogP contribution in [0.3, 0.4) is 0 Å². The maximum absolute atomic E-state index is 11.2. The quantitative estimate of drug-likeness (QED) is 0.738. The van der Waals surface area contributed by atoms with Gasteiger partial charge in [-0.1, -0.05) is 19.4 Å². The average molecular weight is 235 g/mol. The Hall–Kier alpha value is -1.55. The number of carbonyl (C=O) groups is 1. The molecule has 1 aromatic rings. The summed E-state index contributed by atoms with van der Waals surface area (Å²) in [6.07, 6.45) is 3.30. The van der Waals surface area contributed by atoms with Gasteiger partial charge in [0, 0.05) is 19.7 Å². The van der Waals surface area contributed by atoms with E-state index in [0.29, 0.717) is 5.56 Å². The van der Waals surface area contributed by atoms with Gasteiger partial charge in [-0.3, -0.25) is 4.79 Å². The number of nitrogens with zero attached hydrogens (tertiary/aromatic N) is 1. The van der Waals surface area contributed by atoms with E-state index in [-0.39, 0.29) is 0 Å². The van der Waals surface area contributed by atoms with Crippen molar-refractivity contribution < 1.29 is 4.79 Å². The Kier molecular flexibility index (Phi) is 4.97. The predicted molar refractivity (Wildman–Crippen MR) is 71.0 cm³/mol. The van der Waals surface area contributed by atoms with Crippen LogP contribution in [0.15, 0.2) is 18.2 Å². The Balaban J connectivity index is 3.07. The Morgan fingerprint density at radius 3 is 2.71 bits per heavy atom. The standard InChI is InChI=1S/C13H21N3O/c1-4-5-6-10-7-8-11(13(14)17)9-12(10)16(3)15-2/h7-9,15H,4-6H2,1-3H3,(H2,14,17). The fraction of sp³-hybridized carbons (Fsp3) is 0.462. The minimum absolute atomic E-state index is 0.391. The molecule has 1 amide bonds. The van der Waals surface area contributed by atoms with Gasteiger partial charge in [0.25, 0.3) is 0 Å². The van der Waals surface area contributed by atoms with Crippen molar-refractivity contribution in [1.82, 2.24) is 5.43 Å². The molecule has 0 heterocycles. The highest BCUT2D eigenvalue weighted by Gasteiger charge is 2.09. The molecular weight excluding hydrogens is 214 g/mol. The van der Waals surface area contributed by atoms with Crippen LogP contribution in [0.5, 0.6) is 0 Å². The zero-order chi connectivity index (χ0) is 12.8. The summed E-state index contributed by atoms with van der Waals surface area (Å²) in [4.78, 5) is 11.2. The molecule has 0 bridgehead atoms. The molecule has 0 atom stereocenters. The molecule has 0 saturated carbocycles. The molecule has 0 radical (unpaired) electrons. The first kappa shape index (κ1) is 13.5. The van der Waals surface area contributed by atoms with Crippen LogP contribution in [0, 0.1) is 0 Å². The molecule has 0 unspecified atom stereocenters. The van der Waals surface area contributed by atoms with E-state index in [0.717, 1.165) is 24.9 Å². The lowest BCUT2D eigenvalue weighted by Gasteiger charge is -2.21. The second-order valence-electron chi connectivity index (χ2n) is 4.09. The van der Waals surface area contributed by atoms with Gasteiger partial charge in [-0.05, 0) is 30.5 Å². The van der Waals surface area contributed by atoms with E-state index < -0.39 is 5.91 Å². The van der Waals surface area contributed by atoms with E-state index in [1.54, 1.807) is 6.07 Å². The first-order valence-corrected chi connectivity index (χ1v) is 5.94. The summed E-state index contributed by atoms with van der Waals surface area (Å²) in [7, 11) is 3.77. The molecule has 0 spiro atoms. The Morgan fingerprint density at radius 2 is 2.18 bits per heavy atom. The second kappa shape index (κ2) is 6.25. The lowest BCUT2D eigenvalue weighted by Crippen LogP contribution is -2.31. The van der Waals surface area contributed by atoms with Crippen molar-refractivity contribution in [2.75, 3.05) is 19.1 Å². The molecule has 0 aliphatic rings.